The van der Waals surface area contributed by atoms with Gasteiger partial charge in [0.1, 0.15) is 17.5 Å². The first kappa shape index (κ1) is 43.7. The number of carboxylic acids is 1. The third kappa shape index (κ3) is 14.5. The van der Waals surface area contributed by atoms with Gasteiger partial charge in [-0.05, 0) is 76.9 Å². The van der Waals surface area contributed by atoms with Crippen molar-refractivity contribution in [3.05, 3.63) is 132 Å². The van der Waals surface area contributed by atoms with Gasteiger partial charge in [-0.25, -0.2) is 14.8 Å². The lowest BCUT2D eigenvalue weighted by Gasteiger charge is -2.18. The molecule has 57 heavy (non-hydrogen) atoms. The second-order valence-electron chi connectivity index (χ2n) is 15.0. The van der Waals surface area contributed by atoms with Crippen molar-refractivity contribution in [3.8, 4) is 34.0 Å². The summed E-state index contributed by atoms with van der Waals surface area (Å²) in [6.07, 6.45) is 10.6. The van der Waals surface area contributed by atoms with Gasteiger partial charge in [0.25, 0.3) is 0 Å². The van der Waals surface area contributed by atoms with Crippen LogP contribution in [0.5, 0.6) is 11.5 Å². The smallest absolute Gasteiger partial charge is 0.326 e. The van der Waals surface area contributed by atoms with Gasteiger partial charge in [0.15, 0.2) is 5.82 Å². The highest BCUT2D eigenvalue weighted by atomic mass is 16.5. The van der Waals surface area contributed by atoms with Crippen LogP contribution in [0.15, 0.2) is 109 Å². The molecule has 5 rings (SSSR count). The molecule has 1 unspecified atom stereocenters. The number of aryl methyl sites for hydroxylation is 1. The van der Waals surface area contributed by atoms with Gasteiger partial charge in [0.2, 0.25) is 11.8 Å². The topological polar surface area (TPSA) is 154 Å². The van der Waals surface area contributed by atoms with Crippen molar-refractivity contribution in [2.45, 2.75) is 90.5 Å². The third-order valence-corrected chi connectivity index (χ3v) is 9.48. The number of aromatic nitrogens is 2. The zero-order valence-corrected chi connectivity index (χ0v) is 33.8. The Balaban J connectivity index is 0.000000469. The van der Waals surface area contributed by atoms with E-state index in [9.17, 15) is 19.5 Å². The molecule has 1 heterocycles. The Bertz CT molecular complexity index is 1990. The van der Waals surface area contributed by atoms with E-state index in [-0.39, 0.29) is 30.1 Å². The lowest BCUT2D eigenvalue weighted by atomic mass is 9.87. The summed E-state index contributed by atoms with van der Waals surface area (Å²) in [4.78, 5) is 44.2. The van der Waals surface area contributed by atoms with Crippen molar-refractivity contribution in [2.24, 2.45) is 5.73 Å². The Morgan fingerprint density at radius 2 is 1.32 bits per heavy atom. The number of rotatable bonds is 18. The summed E-state index contributed by atoms with van der Waals surface area (Å²) in [5.74, 6) is 0.420. The highest BCUT2D eigenvalue weighted by Gasteiger charge is 2.20. The number of nitrogens with zero attached hydrogens (tertiary/aromatic N) is 2. The zero-order chi connectivity index (χ0) is 41.2. The summed E-state index contributed by atoms with van der Waals surface area (Å²) in [6.45, 7) is 9.35. The number of aliphatic carboxylic acids is 1. The molecule has 0 fully saturated rings. The fourth-order valence-corrected chi connectivity index (χ4v) is 5.94. The number of nitrogens with two attached hydrogens (primary N) is 1. The first-order chi connectivity index (χ1) is 27.4. The normalized spacial score (nSPS) is 11.5. The molecule has 0 bridgehead atoms. The van der Waals surface area contributed by atoms with Gasteiger partial charge in [0.05, 0.1) is 13.7 Å². The van der Waals surface area contributed by atoms with Crippen LogP contribution in [0.4, 0.5) is 0 Å². The molecule has 5 aromatic rings. The van der Waals surface area contributed by atoms with Crippen molar-refractivity contribution in [2.75, 3.05) is 13.7 Å². The Morgan fingerprint density at radius 3 is 1.88 bits per heavy atom. The van der Waals surface area contributed by atoms with Gasteiger partial charge < -0.3 is 25.6 Å². The van der Waals surface area contributed by atoms with E-state index in [4.69, 9.17) is 15.2 Å². The highest BCUT2D eigenvalue weighted by molar-refractivity contribution is 5.92. The number of carbonyl (C=O) groups excluding carboxylic acids is 2. The molecule has 0 aliphatic heterocycles. The molecule has 0 saturated heterocycles. The largest absolute Gasteiger partial charge is 0.497 e. The molecule has 0 radical (unpaired) electrons. The summed E-state index contributed by atoms with van der Waals surface area (Å²) in [5.41, 5.74) is 11.6. The molecule has 0 aliphatic carbocycles. The molecule has 10 nitrogen and oxygen atoms in total. The molecule has 300 valence electrons. The second kappa shape index (κ2) is 21.9. The highest BCUT2D eigenvalue weighted by Crippen LogP contribution is 2.24. The van der Waals surface area contributed by atoms with Gasteiger partial charge >= 0.3 is 5.97 Å². The van der Waals surface area contributed by atoms with Crippen LogP contribution in [-0.2, 0) is 27.8 Å². The maximum atomic E-state index is 12.5. The van der Waals surface area contributed by atoms with Crippen molar-refractivity contribution in [1.29, 1.82) is 0 Å². The summed E-state index contributed by atoms with van der Waals surface area (Å²) in [7, 11) is 1.57. The van der Waals surface area contributed by atoms with Crippen LogP contribution in [0.3, 0.4) is 0 Å². The van der Waals surface area contributed by atoms with E-state index < -0.39 is 12.0 Å². The van der Waals surface area contributed by atoms with Gasteiger partial charge in [-0.1, -0.05) is 114 Å². The fourth-order valence-electron chi connectivity index (χ4n) is 5.94. The van der Waals surface area contributed by atoms with Gasteiger partial charge in [-0.15, -0.1) is 0 Å². The maximum Gasteiger partial charge on any atom is 0.326 e. The number of amides is 2. The van der Waals surface area contributed by atoms with E-state index in [0.717, 1.165) is 46.6 Å². The average molecular weight is 773 g/mol. The number of unbranched alkanes of at least 4 members (excludes halogenated alkanes) is 4. The van der Waals surface area contributed by atoms with Crippen molar-refractivity contribution < 1.29 is 29.0 Å². The van der Waals surface area contributed by atoms with E-state index in [2.05, 4.69) is 43.0 Å². The minimum Gasteiger partial charge on any atom is -0.497 e. The molecule has 0 saturated carbocycles. The van der Waals surface area contributed by atoms with Crippen molar-refractivity contribution in [3.63, 3.8) is 0 Å². The first-order valence-corrected chi connectivity index (χ1v) is 19.6. The minimum absolute atomic E-state index is 0.121. The van der Waals surface area contributed by atoms with Crippen LogP contribution >= 0.6 is 0 Å². The lowest BCUT2D eigenvalue weighted by Crippen LogP contribution is -2.42. The average Bonchev–Trinajstić information content (AvgIpc) is 3.22. The number of carboxylic acid groups (broad SMARTS) is 1. The van der Waals surface area contributed by atoms with E-state index in [1.807, 2.05) is 73.1 Å². The number of nitrogens with one attached hydrogen (secondary N) is 1. The van der Waals surface area contributed by atoms with Crippen LogP contribution in [0.2, 0.25) is 0 Å². The molecule has 2 amide bonds. The molecule has 4 aromatic carbocycles. The van der Waals surface area contributed by atoms with E-state index in [1.54, 1.807) is 43.5 Å². The van der Waals surface area contributed by atoms with E-state index >= 15 is 0 Å². The minimum atomic E-state index is -1.07. The van der Waals surface area contributed by atoms with E-state index in [0.29, 0.717) is 23.6 Å². The zero-order valence-electron chi connectivity index (χ0n) is 33.8. The fraction of sp³-hybridized carbons (Fsp3) is 0.340. The molecule has 0 aliphatic rings. The Morgan fingerprint density at radius 1 is 0.737 bits per heavy atom. The Hall–Kier alpha value is -6.03. The summed E-state index contributed by atoms with van der Waals surface area (Å²) >= 11 is 0. The number of hydrogen-bond acceptors (Lipinski definition) is 7. The van der Waals surface area contributed by atoms with Crippen molar-refractivity contribution >= 4 is 17.8 Å². The molecular weight excluding hydrogens is 717 g/mol. The van der Waals surface area contributed by atoms with Crippen LogP contribution < -0.4 is 20.5 Å². The standard InChI is InChI=1S/C36H41N3O5.C11H15NO/c1-3-4-5-6-7-22-44-32-19-15-28(16-20-32)30-24-37-35(38-25-30)29-13-8-26(9-14-29)12-21-34(40)39-33(36(41)42)23-27-10-17-31(43-2)18-11-27;1-11(2,3)9-6-4-8(5-7-9)10(12)13/h8-11,13-20,24-25,33H,3-7,12,21-23H2,1-2H3,(H,39,40)(H,41,42);4-7H,1-3H3,(H2,12,13). The predicted octanol–water partition coefficient (Wildman–Crippen LogP) is 9.00. The molecule has 1 aromatic heterocycles. The molecular formula is C47H56N4O6. The number of ether oxygens (including phenoxy) is 2. The monoisotopic (exact) mass is 772 g/mol. The van der Waals surface area contributed by atoms with Gasteiger partial charge in [0, 0.05) is 41.9 Å². The number of methoxy groups -OCH3 is 1. The lowest BCUT2D eigenvalue weighted by molar-refractivity contribution is -0.141. The summed E-state index contributed by atoms with van der Waals surface area (Å²) in [5, 5.41) is 12.2. The number of carbonyl (C=O) groups is 3. The SMILES string of the molecule is CC(C)(C)c1ccc(C(N)=O)cc1.CCCCCCCOc1ccc(-c2cnc(-c3ccc(CCC(=O)NC(Cc4ccc(OC)cc4)C(=O)O)cc3)nc2)cc1. The molecule has 4 N–H and O–H groups in total. The van der Waals surface area contributed by atoms with E-state index in [1.165, 1.54) is 31.2 Å². The van der Waals surface area contributed by atoms with Crippen LogP contribution in [0.25, 0.3) is 22.5 Å². The van der Waals surface area contributed by atoms with Crippen LogP contribution in [0.1, 0.15) is 93.3 Å². The Kier molecular flexibility index (Phi) is 16.8. The molecule has 10 heteroatoms. The summed E-state index contributed by atoms with van der Waals surface area (Å²) < 4.78 is 11.0. The van der Waals surface area contributed by atoms with Gasteiger partial charge in [-0.2, -0.15) is 0 Å². The molecule has 1 atom stereocenters. The Labute approximate surface area is 336 Å². The number of hydrogen-bond donors (Lipinski definition) is 3. The van der Waals surface area contributed by atoms with Crippen LogP contribution in [-0.4, -0.2) is 52.6 Å². The predicted molar refractivity (Wildman–Crippen MR) is 225 cm³/mol. The van der Waals surface area contributed by atoms with Crippen LogP contribution in [0, 0.1) is 0 Å². The maximum absolute atomic E-state index is 12.5. The first-order valence-electron chi connectivity index (χ1n) is 19.6. The third-order valence-electron chi connectivity index (χ3n) is 9.48. The molecule has 0 spiro atoms. The van der Waals surface area contributed by atoms with Gasteiger partial charge in [-0.3, -0.25) is 9.59 Å². The number of primary amides is 1. The summed E-state index contributed by atoms with van der Waals surface area (Å²) in [6, 6.07) is 29.3. The second-order valence-corrected chi connectivity index (χ2v) is 15.0. The number of benzene rings is 4. The quantitative estimate of drug-likeness (QED) is 0.0746. The van der Waals surface area contributed by atoms with Crippen molar-refractivity contribution in [1.82, 2.24) is 15.3 Å².